The molecule has 0 saturated heterocycles. The first-order valence-corrected chi connectivity index (χ1v) is 13.3. The van der Waals surface area contributed by atoms with Gasteiger partial charge in [-0.3, -0.25) is 9.63 Å². The van der Waals surface area contributed by atoms with Crippen LogP contribution in [-0.2, 0) is 41.5 Å². The Labute approximate surface area is 216 Å². The van der Waals surface area contributed by atoms with E-state index in [0.29, 0.717) is 17.9 Å². The monoisotopic (exact) mass is 527 g/mol. The SMILES string of the molecule is COc1ccc(OP(=O)(CCC(C(=O)OCc2ccccc2)N(C=O)OCc2ccccc2)OC)cc1. The van der Waals surface area contributed by atoms with E-state index in [4.69, 9.17) is 23.4 Å². The van der Waals surface area contributed by atoms with Gasteiger partial charge in [0, 0.05) is 7.11 Å². The molecule has 1 amide bonds. The number of methoxy groups -OCH3 is 1. The number of carbonyl (C=O) groups excluding carboxylic acids is 2. The largest absolute Gasteiger partial charge is 0.497 e. The van der Waals surface area contributed by atoms with Crippen LogP contribution in [0.3, 0.4) is 0 Å². The number of nitrogens with zero attached hydrogens (tertiary/aromatic N) is 1. The Morgan fingerprint density at radius 3 is 1.97 bits per heavy atom. The Hall–Kier alpha value is -3.65. The first-order chi connectivity index (χ1) is 18.0. The predicted octanol–water partition coefficient (Wildman–Crippen LogP) is 5.01. The Balaban J connectivity index is 1.72. The average molecular weight is 528 g/mol. The van der Waals surface area contributed by atoms with Crippen LogP contribution in [0.15, 0.2) is 84.9 Å². The summed E-state index contributed by atoms with van der Waals surface area (Å²) < 4.78 is 34.7. The Morgan fingerprint density at radius 1 is 0.865 bits per heavy atom. The summed E-state index contributed by atoms with van der Waals surface area (Å²) in [6.07, 6.45) is 0.127. The molecule has 196 valence electrons. The number of carbonyl (C=O) groups is 2. The van der Waals surface area contributed by atoms with Crippen molar-refractivity contribution in [3.8, 4) is 11.5 Å². The maximum absolute atomic E-state index is 13.3. The molecule has 0 heterocycles. The van der Waals surface area contributed by atoms with Crippen LogP contribution in [0.25, 0.3) is 0 Å². The summed E-state index contributed by atoms with van der Waals surface area (Å²) in [5.74, 6) is 0.205. The van der Waals surface area contributed by atoms with Gasteiger partial charge in [0.1, 0.15) is 24.7 Å². The van der Waals surface area contributed by atoms with E-state index < -0.39 is 19.6 Å². The second kappa shape index (κ2) is 14.2. The van der Waals surface area contributed by atoms with Crippen molar-refractivity contribution in [2.24, 2.45) is 0 Å². The standard InChI is InChI=1S/C27H30NO8P/c1-32-24-13-15-25(16-14-24)36-37(31,33-2)18-17-26(27(30)34-19-22-9-5-3-6-10-22)28(21-29)35-20-23-11-7-4-8-12-23/h3-16,21,26H,17-20H2,1-2H3. The highest BCUT2D eigenvalue weighted by Crippen LogP contribution is 2.48. The molecule has 0 aliphatic heterocycles. The number of hydroxylamine groups is 2. The first kappa shape index (κ1) is 27.9. The molecule has 0 fully saturated rings. The molecule has 0 aliphatic carbocycles. The van der Waals surface area contributed by atoms with Gasteiger partial charge in [0.15, 0.2) is 6.04 Å². The number of ether oxygens (including phenoxy) is 2. The van der Waals surface area contributed by atoms with Crippen LogP contribution in [0.2, 0.25) is 0 Å². The molecular weight excluding hydrogens is 497 g/mol. The molecule has 10 heteroatoms. The van der Waals surface area contributed by atoms with Crippen LogP contribution >= 0.6 is 7.60 Å². The summed E-state index contributed by atoms with van der Waals surface area (Å²) in [6.45, 7) is 0.0537. The fourth-order valence-electron chi connectivity index (χ4n) is 3.34. The van der Waals surface area contributed by atoms with Crippen molar-refractivity contribution in [3.63, 3.8) is 0 Å². The van der Waals surface area contributed by atoms with E-state index in [0.717, 1.165) is 16.2 Å². The summed E-state index contributed by atoms with van der Waals surface area (Å²) in [7, 11) is -0.897. The van der Waals surface area contributed by atoms with Gasteiger partial charge in [0.05, 0.1) is 13.3 Å². The maximum atomic E-state index is 13.3. The molecule has 0 bridgehead atoms. The zero-order chi connectivity index (χ0) is 26.5. The minimum atomic E-state index is -3.69. The average Bonchev–Trinajstić information content (AvgIpc) is 2.95. The molecule has 0 N–H and O–H groups in total. The number of amides is 1. The third kappa shape index (κ3) is 8.75. The van der Waals surface area contributed by atoms with Crippen molar-refractivity contribution in [1.82, 2.24) is 5.06 Å². The number of hydrogen-bond acceptors (Lipinski definition) is 8. The minimum Gasteiger partial charge on any atom is -0.497 e. The van der Waals surface area contributed by atoms with Gasteiger partial charge < -0.3 is 18.5 Å². The lowest BCUT2D eigenvalue weighted by Crippen LogP contribution is -2.42. The van der Waals surface area contributed by atoms with E-state index in [2.05, 4.69) is 0 Å². The summed E-state index contributed by atoms with van der Waals surface area (Å²) in [5.41, 5.74) is 1.58. The number of rotatable bonds is 15. The molecule has 0 aromatic heterocycles. The lowest BCUT2D eigenvalue weighted by molar-refractivity contribution is -0.203. The highest BCUT2D eigenvalue weighted by Gasteiger charge is 2.33. The summed E-state index contributed by atoms with van der Waals surface area (Å²) in [4.78, 5) is 30.7. The zero-order valence-electron chi connectivity index (χ0n) is 20.7. The van der Waals surface area contributed by atoms with Crippen LogP contribution in [-0.4, -0.2) is 43.9 Å². The molecule has 2 unspecified atom stereocenters. The molecule has 0 saturated carbocycles. The Kier molecular flexibility index (Phi) is 10.7. The molecular formula is C27H30NO8P. The number of benzene rings is 3. The molecule has 37 heavy (non-hydrogen) atoms. The molecule has 0 spiro atoms. The second-order valence-electron chi connectivity index (χ2n) is 7.91. The maximum Gasteiger partial charge on any atom is 0.379 e. The van der Waals surface area contributed by atoms with Gasteiger partial charge >= 0.3 is 13.6 Å². The smallest absolute Gasteiger partial charge is 0.379 e. The van der Waals surface area contributed by atoms with Crippen molar-refractivity contribution in [3.05, 3.63) is 96.1 Å². The summed E-state index contributed by atoms with van der Waals surface area (Å²) >= 11 is 0. The molecule has 2 atom stereocenters. The highest BCUT2D eigenvalue weighted by molar-refractivity contribution is 7.54. The van der Waals surface area contributed by atoms with Gasteiger partial charge in [-0.25, -0.2) is 14.4 Å². The van der Waals surface area contributed by atoms with Gasteiger partial charge in [-0.05, 0) is 41.8 Å². The fraction of sp³-hybridized carbons (Fsp3) is 0.259. The third-order valence-electron chi connectivity index (χ3n) is 5.39. The molecule has 0 radical (unpaired) electrons. The van der Waals surface area contributed by atoms with Gasteiger partial charge in [-0.15, -0.1) is 0 Å². The van der Waals surface area contributed by atoms with Gasteiger partial charge in [0.25, 0.3) is 0 Å². The van der Waals surface area contributed by atoms with Crippen molar-refractivity contribution in [1.29, 1.82) is 0 Å². The lowest BCUT2D eigenvalue weighted by atomic mass is 10.2. The fourth-order valence-corrected chi connectivity index (χ4v) is 4.69. The third-order valence-corrected chi connectivity index (χ3v) is 7.24. The molecule has 3 aromatic rings. The minimum absolute atomic E-state index is 0.00580. The van der Waals surface area contributed by atoms with E-state index in [1.165, 1.54) is 14.2 Å². The van der Waals surface area contributed by atoms with Crippen molar-refractivity contribution in [2.45, 2.75) is 25.7 Å². The number of esters is 1. The van der Waals surface area contributed by atoms with Crippen LogP contribution < -0.4 is 9.26 Å². The zero-order valence-corrected chi connectivity index (χ0v) is 21.6. The van der Waals surface area contributed by atoms with Crippen molar-refractivity contribution >= 4 is 20.0 Å². The number of hydrogen-bond donors (Lipinski definition) is 0. The quantitative estimate of drug-likeness (QED) is 0.118. The summed E-state index contributed by atoms with van der Waals surface area (Å²) in [5, 5.41) is 0.883. The molecule has 3 rings (SSSR count). The van der Waals surface area contributed by atoms with E-state index in [-0.39, 0.29) is 25.8 Å². The normalized spacial score (nSPS) is 13.1. The van der Waals surface area contributed by atoms with Gasteiger partial charge in [-0.1, -0.05) is 60.7 Å². The van der Waals surface area contributed by atoms with Crippen LogP contribution in [0.1, 0.15) is 17.5 Å². The van der Waals surface area contributed by atoms with Gasteiger partial charge in [-0.2, -0.15) is 0 Å². The molecule has 9 nitrogen and oxygen atoms in total. The van der Waals surface area contributed by atoms with E-state index in [9.17, 15) is 14.2 Å². The Morgan fingerprint density at radius 2 is 1.43 bits per heavy atom. The van der Waals surface area contributed by atoms with E-state index in [1.807, 2.05) is 60.7 Å². The van der Waals surface area contributed by atoms with Crippen LogP contribution in [0, 0.1) is 0 Å². The highest BCUT2D eigenvalue weighted by atomic mass is 31.2. The van der Waals surface area contributed by atoms with Crippen LogP contribution in [0.5, 0.6) is 11.5 Å². The topological polar surface area (TPSA) is 101 Å². The van der Waals surface area contributed by atoms with Crippen molar-refractivity contribution < 1.29 is 37.5 Å². The van der Waals surface area contributed by atoms with E-state index in [1.54, 1.807) is 24.3 Å². The van der Waals surface area contributed by atoms with Crippen molar-refractivity contribution in [2.75, 3.05) is 20.4 Å². The lowest BCUT2D eigenvalue weighted by Gasteiger charge is -2.27. The molecule has 0 aliphatic rings. The Bertz CT molecular complexity index is 1160. The first-order valence-electron chi connectivity index (χ1n) is 11.6. The van der Waals surface area contributed by atoms with Gasteiger partial charge in [0.2, 0.25) is 6.41 Å². The van der Waals surface area contributed by atoms with Crippen LogP contribution in [0.4, 0.5) is 0 Å². The van der Waals surface area contributed by atoms with E-state index >= 15 is 0 Å². The second-order valence-corrected chi connectivity index (χ2v) is 10.1. The predicted molar refractivity (Wildman–Crippen MR) is 137 cm³/mol. The summed E-state index contributed by atoms with van der Waals surface area (Å²) in [6, 6.07) is 23.6. The molecule has 3 aromatic carbocycles.